The molecule has 0 fully saturated rings. The standard InChI is InChI=1S/C8H7NO4/c1-6(4-5-10)7-2-3-8(13-7)9(11)12/h2-5H,1H3. The molecule has 1 heterocycles. The van der Waals surface area contributed by atoms with Gasteiger partial charge in [-0.25, -0.2) is 0 Å². The van der Waals surface area contributed by atoms with E-state index in [1.807, 2.05) is 0 Å². The summed E-state index contributed by atoms with van der Waals surface area (Å²) in [4.78, 5) is 19.7. The molecule has 5 heteroatoms. The Morgan fingerprint density at radius 3 is 2.77 bits per heavy atom. The molecule has 0 N–H and O–H groups in total. The predicted octanol–water partition coefficient (Wildman–Crippen LogP) is 1.79. The number of rotatable bonds is 3. The summed E-state index contributed by atoms with van der Waals surface area (Å²) in [6.45, 7) is 1.64. The maximum absolute atomic E-state index is 10.2. The highest BCUT2D eigenvalue weighted by molar-refractivity contribution is 5.79. The summed E-state index contributed by atoms with van der Waals surface area (Å²) < 4.78 is 4.83. The molecule has 5 nitrogen and oxygen atoms in total. The van der Waals surface area contributed by atoms with Crippen molar-refractivity contribution in [2.24, 2.45) is 0 Å². The van der Waals surface area contributed by atoms with Crippen LogP contribution in [0.3, 0.4) is 0 Å². The molecule has 0 amide bonds. The van der Waals surface area contributed by atoms with Crippen LogP contribution in [0.5, 0.6) is 0 Å². The lowest BCUT2D eigenvalue weighted by Gasteiger charge is -1.90. The van der Waals surface area contributed by atoms with Gasteiger partial charge in [0, 0.05) is 0 Å². The first-order chi connectivity index (χ1) is 6.15. The summed E-state index contributed by atoms with van der Waals surface area (Å²) in [5.74, 6) is 0.00690. The van der Waals surface area contributed by atoms with Crippen molar-refractivity contribution < 1.29 is 14.1 Å². The number of nitro groups is 1. The highest BCUT2D eigenvalue weighted by atomic mass is 16.6. The third kappa shape index (κ3) is 2.02. The summed E-state index contributed by atoms with van der Waals surface area (Å²) in [5, 5.41) is 10.2. The van der Waals surface area contributed by atoms with Crippen LogP contribution >= 0.6 is 0 Å². The lowest BCUT2D eigenvalue weighted by Crippen LogP contribution is -1.83. The molecule has 0 bridgehead atoms. The summed E-state index contributed by atoms with van der Waals surface area (Å²) in [7, 11) is 0. The Kier molecular flexibility index (Phi) is 2.59. The molecule has 1 rings (SSSR count). The quantitative estimate of drug-likeness (QED) is 0.308. The zero-order valence-corrected chi connectivity index (χ0v) is 6.89. The van der Waals surface area contributed by atoms with E-state index < -0.39 is 4.92 Å². The lowest BCUT2D eigenvalue weighted by molar-refractivity contribution is -0.402. The molecule has 0 saturated heterocycles. The van der Waals surface area contributed by atoms with Gasteiger partial charge in [0.15, 0.2) is 0 Å². The Morgan fingerprint density at radius 2 is 2.31 bits per heavy atom. The van der Waals surface area contributed by atoms with Gasteiger partial charge in [-0.15, -0.1) is 0 Å². The highest BCUT2D eigenvalue weighted by Gasteiger charge is 2.11. The first kappa shape index (κ1) is 9.18. The molecule has 1 aromatic heterocycles. The van der Waals surface area contributed by atoms with E-state index in [0.29, 0.717) is 17.6 Å². The van der Waals surface area contributed by atoms with Gasteiger partial charge in [-0.05, 0) is 24.6 Å². The number of carbonyl (C=O) groups is 1. The second-order valence-corrected chi connectivity index (χ2v) is 2.38. The third-order valence-electron chi connectivity index (χ3n) is 1.48. The maximum atomic E-state index is 10.2. The van der Waals surface area contributed by atoms with Crippen LogP contribution in [0.25, 0.3) is 5.57 Å². The van der Waals surface area contributed by atoms with Crippen molar-refractivity contribution in [1.82, 2.24) is 0 Å². The predicted molar refractivity (Wildman–Crippen MR) is 45.1 cm³/mol. The Morgan fingerprint density at radius 1 is 1.62 bits per heavy atom. The van der Waals surface area contributed by atoms with Gasteiger partial charge in [0.05, 0.1) is 6.07 Å². The van der Waals surface area contributed by atoms with Gasteiger partial charge >= 0.3 is 5.88 Å². The number of aldehydes is 1. The minimum Gasteiger partial charge on any atom is -0.401 e. The van der Waals surface area contributed by atoms with Gasteiger partial charge in [0.1, 0.15) is 17.0 Å². The number of allylic oxidation sites excluding steroid dienone is 2. The van der Waals surface area contributed by atoms with Crippen molar-refractivity contribution in [3.63, 3.8) is 0 Å². The third-order valence-corrected chi connectivity index (χ3v) is 1.48. The molecular weight excluding hydrogens is 174 g/mol. The first-order valence-corrected chi connectivity index (χ1v) is 3.52. The van der Waals surface area contributed by atoms with Crippen LogP contribution in [0.2, 0.25) is 0 Å². The number of carbonyl (C=O) groups excluding carboxylic acids is 1. The van der Waals surface area contributed by atoms with E-state index >= 15 is 0 Å². The van der Waals surface area contributed by atoms with Gasteiger partial charge < -0.3 is 4.42 Å². The van der Waals surface area contributed by atoms with Crippen molar-refractivity contribution in [3.05, 3.63) is 34.1 Å². The Bertz CT molecular complexity index is 364. The van der Waals surface area contributed by atoms with Crippen LogP contribution in [0.4, 0.5) is 5.88 Å². The minimum atomic E-state index is -0.627. The summed E-state index contributed by atoms with van der Waals surface area (Å²) in [6, 6.07) is 2.70. The molecule has 0 saturated carbocycles. The Hall–Kier alpha value is -1.91. The molecule has 0 aliphatic heterocycles. The SMILES string of the molecule is CC(=CC=O)c1ccc([N+](=O)[O-])o1. The summed E-state index contributed by atoms with van der Waals surface area (Å²) in [6.07, 6.45) is 1.88. The maximum Gasteiger partial charge on any atom is 0.433 e. The molecular formula is C8H7NO4. The molecule has 1 aromatic rings. The van der Waals surface area contributed by atoms with Gasteiger partial charge in [0.2, 0.25) is 0 Å². The minimum absolute atomic E-state index is 0.325. The molecule has 0 aliphatic carbocycles. The fraction of sp³-hybridized carbons (Fsp3) is 0.125. The average molecular weight is 181 g/mol. The van der Waals surface area contributed by atoms with E-state index in [2.05, 4.69) is 0 Å². The van der Waals surface area contributed by atoms with Gasteiger partial charge in [-0.1, -0.05) is 0 Å². The Labute approximate surface area is 73.8 Å². The average Bonchev–Trinajstić information content (AvgIpc) is 2.52. The van der Waals surface area contributed by atoms with Crippen molar-refractivity contribution in [1.29, 1.82) is 0 Å². The highest BCUT2D eigenvalue weighted by Crippen LogP contribution is 2.21. The van der Waals surface area contributed by atoms with Gasteiger partial charge in [-0.2, -0.15) is 0 Å². The zero-order valence-electron chi connectivity index (χ0n) is 6.89. The van der Waals surface area contributed by atoms with E-state index in [-0.39, 0.29) is 5.88 Å². The number of hydrogen-bond acceptors (Lipinski definition) is 4. The fourth-order valence-electron chi connectivity index (χ4n) is 0.822. The monoisotopic (exact) mass is 181 g/mol. The zero-order chi connectivity index (χ0) is 9.84. The van der Waals surface area contributed by atoms with E-state index in [1.165, 1.54) is 18.2 Å². The van der Waals surface area contributed by atoms with Crippen LogP contribution in [-0.4, -0.2) is 11.2 Å². The van der Waals surface area contributed by atoms with Crippen LogP contribution in [0.1, 0.15) is 12.7 Å². The Balaban J connectivity index is 2.98. The topological polar surface area (TPSA) is 73.3 Å². The smallest absolute Gasteiger partial charge is 0.401 e. The van der Waals surface area contributed by atoms with Crippen molar-refractivity contribution >= 4 is 17.7 Å². The second-order valence-electron chi connectivity index (χ2n) is 2.38. The molecule has 13 heavy (non-hydrogen) atoms. The molecule has 0 aromatic carbocycles. The van der Waals surface area contributed by atoms with E-state index in [0.717, 1.165) is 0 Å². The van der Waals surface area contributed by atoms with Crippen LogP contribution in [0.15, 0.2) is 22.6 Å². The molecule has 0 aliphatic rings. The van der Waals surface area contributed by atoms with Crippen molar-refractivity contribution in [2.45, 2.75) is 6.92 Å². The number of furan rings is 1. The van der Waals surface area contributed by atoms with Crippen molar-refractivity contribution in [3.8, 4) is 0 Å². The molecule has 0 radical (unpaired) electrons. The van der Waals surface area contributed by atoms with Gasteiger partial charge in [0.25, 0.3) is 0 Å². The summed E-state index contributed by atoms with van der Waals surface area (Å²) >= 11 is 0. The fourth-order valence-corrected chi connectivity index (χ4v) is 0.822. The number of nitrogens with zero attached hydrogens (tertiary/aromatic N) is 1. The van der Waals surface area contributed by atoms with E-state index in [4.69, 9.17) is 4.42 Å². The molecule has 68 valence electrons. The first-order valence-electron chi connectivity index (χ1n) is 3.52. The van der Waals surface area contributed by atoms with Crippen LogP contribution < -0.4 is 0 Å². The number of hydrogen-bond donors (Lipinski definition) is 0. The van der Waals surface area contributed by atoms with Crippen LogP contribution in [0, 0.1) is 10.1 Å². The normalized spacial score (nSPS) is 11.3. The lowest BCUT2D eigenvalue weighted by atomic mass is 10.2. The van der Waals surface area contributed by atoms with Crippen molar-refractivity contribution in [2.75, 3.05) is 0 Å². The van der Waals surface area contributed by atoms with Crippen LogP contribution in [-0.2, 0) is 4.79 Å². The van der Waals surface area contributed by atoms with E-state index in [1.54, 1.807) is 6.92 Å². The molecule has 0 unspecified atom stereocenters. The molecule has 0 spiro atoms. The summed E-state index contributed by atoms with van der Waals surface area (Å²) in [5.41, 5.74) is 0.558. The second kappa shape index (κ2) is 3.66. The van der Waals surface area contributed by atoms with Gasteiger partial charge in [-0.3, -0.25) is 14.9 Å². The molecule has 0 atom stereocenters. The van der Waals surface area contributed by atoms with E-state index in [9.17, 15) is 14.9 Å². The largest absolute Gasteiger partial charge is 0.433 e.